The molecule has 0 saturated heterocycles. The average molecular weight is 309 g/mol. The van der Waals surface area contributed by atoms with Crippen LogP contribution in [0.15, 0.2) is 42.0 Å². The number of nitro benzene ring substituents is 1. The lowest BCUT2D eigenvalue weighted by Crippen LogP contribution is -2.21. The Morgan fingerprint density at radius 3 is 2.65 bits per heavy atom. The first-order chi connectivity index (χ1) is 11.0. The summed E-state index contributed by atoms with van der Waals surface area (Å²) in [5.41, 5.74) is 3.46. The fourth-order valence-corrected chi connectivity index (χ4v) is 2.67. The predicted octanol–water partition coefficient (Wildman–Crippen LogP) is 3.87. The number of hydrogen-bond donors (Lipinski definition) is 0. The zero-order valence-corrected chi connectivity index (χ0v) is 12.8. The molecule has 1 aliphatic rings. The van der Waals surface area contributed by atoms with Crippen LogP contribution in [0.25, 0.3) is 6.08 Å². The van der Waals surface area contributed by atoms with Crippen LogP contribution < -0.4 is 4.74 Å². The third-order valence-electron chi connectivity index (χ3n) is 3.88. The first-order valence-corrected chi connectivity index (χ1v) is 7.20. The van der Waals surface area contributed by atoms with E-state index in [9.17, 15) is 14.9 Å². The summed E-state index contributed by atoms with van der Waals surface area (Å²) in [5.74, 6) is 0.546. The van der Waals surface area contributed by atoms with E-state index in [4.69, 9.17) is 4.74 Å². The van der Waals surface area contributed by atoms with Crippen LogP contribution in [-0.4, -0.2) is 17.3 Å². The Morgan fingerprint density at radius 1 is 1.17 bits per heavy atom. The highest BCUT2D eigenvalue weighted by atomic mass is 16.6. The highest BCUT2D eigenvalue weighted by Crippen LogP contribution is 2.33. The van der Waals surface area contributed by atoms with Crippen molar-refractivity contribution in [2.45, 2.75) is 13.8 Å². The Labute approximate surface area is 133 Å². The molecule has 1 aliphatic heterocycles. The predicted molar refractivity (Wildman–Crippen MR) is 86.8 cm³/mol. The highest BCUT2D eigenvalue weighted by Gasteiger charge is 2.26. The van der Waals surface area contributed by atoms with Crippen molar-refractivity contribution < 1.29 is 14.5 Å². The van der Waals surface area contributed by atoms with E-state index in [0.29, 0.717) is 22.4 Å². The summed E-state index contributed by atoms with van der Waals surface area (Å²) in [6.45, 7) is 3.94. The summed E-state index contributed by atoms with van der Waals surface area (Å²) >= 11 is 0. The fraction of sp³-hybridized carbons (Fsp3) is 0.167. The monoisotopic (exact) mass is 309 g/mol. The third-order valence-corrected chi connectivity index (χ3v) is 3.88. The Kier molecular flexibility index (Phi) is 3.70. The van der Waals surface area contributed by atoms with Gasteiger partial charge in [-0.25, -0.2) is 0 Å². The topological polar surface area (TPSA) is 69.4 Å². The quantitative estimate of drug-likeness (QED) is 0.479. The highest BCUT2D eigenvalue weighted by molar-refractivity contribution is 6.15. The Morgan fingerprint density at radius 2 is 1.91 bits per heavy atom. The van der Waals surface area contributed by atoms with Crippen molar-refractivity contribution in [3.8, 4) is 5.75 Å². The van der Waals surface area contributed by atoms with Crippen molar-refractivity contribution in [3.05, 3.63) is 74.3 Å². The van der Waals surface area contributed by atoms with E-state index in [-0.39, 0.29) is 18.1 Å². The third kappa shape index (κ3) is 2.73. The minimum absolute atomic E-state index is 0.00375. The van der Waals surface area contributed by atoms with Gasteiger partial charge in [0.2, 0.25) is 0 Å². The van der Waals surface area contributed by atoms with Crippen LogP contribution in [0.1, 0.15) is 27.0 Å². The minimum atomic E-state index is -0.454. The van der Waals surface area contributed by atoms with Gasteiger partial charge in [0.15, 0.2) is 5.78 Å². The molecule has 3 rings (SSSR count). The molecular weight excluding hydrogens is 294 g/mol. The van der Waals surface area contributed by atoms with Gasteiger partial charge >= 0.3 is 0 Å². The van der Waals surface area contributed by atoms with Gasteiger partial charge in [-0.05, 0) is 36.6 Å². The van der Waals surface area contributed by atoms with Crippen molar-refractivity contribution in [2.24, 2.45) is 0 Å². The first-order valence-electron chi connectivity index (χ1n) is 7.20. The molecule has 0 bridgehead atoms. The van der Waals surface area contributed by atoms with Crippen LogP contribution in [0.5, 0.6) is 5.75 Å². The summed E-state index contributed by atoms with van der Waals surface area (Å²) in [6, 6.07) is 10.0. The number of fused-ring (bicyclic) bond motifs is 1. The number of carbonyl (C=O) groups excluding carboxylic acids is 1. The smallest absolute Gasteiger partial charge is 0.270 e. The van der Waals surface area contributed by atoms with Crippen LogP contribution in [0, 0.1) is 24.0 Å². The van der Waals surface area contributed by atoms with Gasteiger partial charge in [0.1, 0.15) is 12.4 Å². The second kappa shape index (κ2) is 5.68. The molecule has 0 fully saturated rings. The van der Waals surface area contributed by atoms with Crippen molar-refractivity contribution in [1.29, 1.82) is 0 Å². The first kappa shape index (κ1) is 15.0. The molecule has 116 valence electrons. The van der Waals surface area contributed by atoms with Crippen LogP contribution in [0.4, 0.5) is 5.69 Å². The molecule has 0 aromatic heterocycles. The lowest BCUT2D eigenvalue weighted by atomic mass is 9.93. The van der Waals surface area contributed by atoms with E-state index in [2.05, 4.69) is 0 Å². The van der Waals surface area contributed by atoms with Crippen molar-refractivity contribution in [2.75, 3.05) is 6.61 Å². The van der Waals surface area contributed by atoms with E-state index < -0.39 is 4.92 Å². The molecular formula is C18H15NO4. The molecule has 5 heteroatoms. The molecule has 0 aliphatic carbocycles. The molecule has 1 heterocycles. The number of nitro groups is 1. The zero-order chi connectivity index (χ0) is 16.6. The second-order valence-corrected chi connectivity index (χ2v) is 5.54. The maximum atomic E-state index is 12.7. The summed E-state index contributed by atoms with van der Waals surface area (Å²) in [4.78, 5) is 23.1. The van der Waals surface area contributed by atoms with E-state index in [1.165, 1.54) is 12.1 Å². The maximum absolute atomic E-state index is 12.7. The number of benzene rings is 2. The van der Waals surface area contributed by atoms with Crippen LogP contribution in [0.3, 0.4) is 0 Å². The Hall–Kier alpha value is -2.95. The molecule has 5 nitrogen and oxygen atoms in total. The number of non-ortho nitro benzene ring substituents is 1. The summed E-state index contributed by atoms with van der Waals surface area (Å²) in [7, 11) is 0. The number of ketones is 1. The van der Waals surface area contributed by atoms with Crippen LogP contribution in [0.2, 0.25) is 0 Å². The van der Waals surface area contributed by atoms with Gasteiger partial charge in [0, 0.05) is 17.7 Å². The summed E-state index contributed by atoms with van der Waals surface area (Å²) in [6.07, 6.45) is 1.65. The molecule has 0 unspecified atom stereocenters. The van der Waals surface area contributed by atoms with Gasteiger partial charge < -0.3 is 4.74 Å². The molecule has 0 N–H and O–H groups in total. The minimum Gasteiger partial charge on any atom is -0.488 e. The van der Waals surface area contributed by atoms with Gasteiger partial charge in [0.05, 0.1) is 10.5 Å². The van der Waals surface area contributed by atoms with Crippen LogP contribution >= 0.6 is 0 Å². The van der Waals surface area contributed by atoms with E-state index in [1.54, 1.807) is 18.2 Å². The number of carbonyl (C=O) groups is 1. The van der Waals surface area contributed by atoms with E-state index >= 15 is 0 Å². The Bertz CT molecular complexity index is 852. The van der Waals surface area contributed by atoms with E-state index in [1.807, 2.05) is 26.0 Å². The van der Waals surface area contributed by atoms with Crippen molar-refractivity contribution in [1.82, 2.24) is 0 Å². The lowest BCUT2D eigenvalue weighted by molar-refractivity contribution is -0.384. The number of Topliss-reactive ketones (excluding diaryl/α,β-unsaturated/α-hetero) is 1. The number of rotatable bonds is 2. The number of nitrogens with zero attached hydrogens (tertiary/aromatic N) is 1. The molecule has 0 spiro atoms. The Balaban J connectivity index is 2.03. The van der Waals surface area contributed by atoms with Gasteiger partial charge in [-0.3, -0.25) is 14.9 Å². The van der Waals surface area contributed by atoms with Gasteiger partial charge in [0.25, 0.3) is 5.69 Å². The van der Waals surface area contributed by atoms with Crippen molar-refractivity contribution >= 4 is 17.5 Å². The summed E-state index contributed by atoms with van der Waals surface area (Å²) in [5, 5.41) is 10.8. The lowest BCUT2D eigenvalue weighted by Gasteiger charge is -2.22. The molecule has 23 heavy (non-hydrogen) atoms. The normalized spacial score (nSPS) is 15.2. The van der Waals surface area contributed by atoms with Gasteiger partial charge in [-0.15, -0.1) is 0 Å². The zero-order valence-electron chi connectivity index (χ0n) is 12.8. The summed E-state index contributed by atoms with van der Waals surface area (Å²) < 4.78 is 5.75. The molecule has 0 atom stereocenters. The fourth-order valence-electron chi connectivity index (χ4n) is 2.67. The maximum Gasteiger partial charge on any atom is 0.270 e. The molecule has 0 saturated carbocycles. The molecule has 0 radical (unpaired) electrons. The standard InChI is InChI=1S/C18H15NO4/c1-11-6-7-12(2)18-16(11)17(20)14(10-23-18)8-13-4-3-5-15(9-13)19(21)22/h3-9H,10H2,1-2H3/b14-8+. The second-order valence-electron chi connectivity index (χ2n) is 5.54. The van der Waals surface area contributed by atoms with Gasteiger partial charge in [-0.1, -0.05) is 24.3 Å². The number of hydrogen-bond acceptors (Lipinski definition) is 4. The SMILES string of the molecule is Cc1ccc(C)c2c1OC/C(=C\c1cccc([N+](=O)[O-])c1)C2=O. The number of ether oxygens (including phenoxy) is 1. The van der Waals surface area contributed by atoms with E-state index in [0.717, 1.165) is 11.1 Å². The van der Waals surface area contributed by atoms with Crippen molar-refractivity contribution in [3.63, 3.8) is 0 Å². The molecule has 2 aromatic rings. The largest absolute Gasteiger partial charge is 0.488 e. The average Bonchev–Trinajstić information content (AvgIpc) is 2.53. The van der Waals surface area contributed by atoms with Crippen LogP contribution in [-0.2, 0) is 0 Å². The van der Waals surface area contributed by atoms with Gasteiger partial charge in [-0.2, -0.15) is 0 Å². The number of aryl methyl sites for hydroxylation is 2. The molecule has 2 aromatic carbocycles. The molecule has 0 amide bonds.